The number of aromatic nitrogens is 1. The van der Waals surface area contributed by atoms with Gasteiger partial charge in [-0.3, -0.25) is 9.36 Å². The summed E-state index contributed by atoms with van der Waals surface area (Å²) in [5.74, 6) is -0.173. The van der Waals surface area contributed by atoms with Crippen LogP contribution in [0.25, 0.3) is 10.9 Å². The monoisotopic (exact) mass is 464 g/mol. The first-order valence-electron chi connectivity index (χ1n) is 10.1. The van der Waals surface area contributed by atoms with Gasteiger partial charge in [0, 0.05) is 28.2 Å². The second-order valence-electron chi connectivity index (χ2n) is 7.34. The van der Waals surface area contributed by atoms with Gasteiger partial charge in [0.15, 0.2) is 5.75 Å². The molecule has 3 N–H and O–H groups in total. The summed E-state index contributed by atoms with van der Waals surface area (Å²) in [7, 11) is -3.83. The number of amides is 1. The van der Waals surface area contributed by atoms with Crippen LogP contribution in [-0.4, -0.2) is 21.5 Å². The van der Waals surface area contributed by atoms with E-state index in [0.717, 1.165) is 27.7 Å². The van der Waals surface area contributed by atoms with E-state index in [1.807, 2.05) is 37.3 Å². The minimum absolute atomic E-state index is 0.00182. The standard InChI is InChI=1S/C22H26ClN2O5P/c1-3-10-31(27,28)30-29-17-8-9-21-18(12-17)19(13-22(24)26)20(4-2)25(21)14-15-6-5-7-16(23)11-15/h5-9,11-12H,3-4,10,13-14H2,1-2H3,(H2,24,26)(H,27,28). The summed E-state index contributed by atoms with van der Waals surface area (Å²) in [6.07, 6.45) is 1.25. The number of nitrogens with zero attached hydrogens (tertiary/aromatic N) is 1. The highest BCUT2D eigenvalue weighted by Crippen LogP contribution is 2.43. The Morgan fingerprint density at radius 2 is 2.00 bits per heavy atom. The van der Waals surface area contributed by atoms with Crippen molar-refractivity contribution >= 4 is 36.0 Å². The second-order valence-corrected chi connectivity index (χ2v) is 9.64. The van der Waals surface area contributed by atoms with Crippen molar-refractivity contribution in [3.63, 3.8) is 0 Å². The van der Waals surface area contributed by atoms with Gasteiger partial charge in [0.05, 0.1) is 12.6 Å². The molecule has 166 valence electrons. The molecule has 1 unspecified atom stereocenters. The zero-order chi connectivity index (χ0) is 22.6. The van der Waals surface area contributed by atoms with Crippen LogP contribution < -0.4 is 10.6 Å². The van der Waals surface area contributed by atoms with Crippen LogP contribution in [0.3, 0.4) is 0 Å². The number of rotatable bonds is 10. The van der Waals surface area contributed by atoms with Gasteiger partial charge >= 0.3 is 7.60 Å². The van der Waals surface area contributed by atoms with E-state index in [0.29, 0.717) is 24.4 Å². The fraction of sp³-hybridized carbons (Fsp3) is 0.318. The lowest BCUT2D eigenvalue weighted by atomic mass is 10.1. The first kappa shape index (κ1) is 23.4. The van der Waals surface area contributed by atoms with Gasteiger partial charge in [0.25, 0.3) is 0 Å². The van der Waals surface area contributed by atoms with Crippen LogP contribution in [0.4, 0.5) is 0 Å². The molecule has 1 aromatic heterocycles. The topological polar surface area (TPSA) is 104 Å². The first-order valence-corrected chi connectivity index (χ1v) is 12.2. The zero-order valence-electron chi connectivity index (χ0n) is 17.5. The van der Waals surface area contributed by atoms with Crippen molar-refractivity contribution in [2.24, 2.45) is 5.73 Å². The largest absolute Gasteiger partial charge is 0.369 e. The number of hydrogen-bond acceptors (Lipinski definition) is 4. The van der Waals surface area contributed by atoms with E-state index in [1.165, 1.54) is 0 Å². The summed E-state index contributed by atoms with van der Waals surface area (Å²) in [5.41, 5.74) is 9.21. The van der Waals surface area contributed by atoms with Crippen molar-refractivity contribution in [2.45, 2.75) is 39.7 Å². The van der Waals surface area contributed by atoms with Gasteiger partial charge in [-0.15, -0.1) is 0 Å². The van der Waals surface area contributed by atoms with Gasteiger partial charge in [-0.1, -0.05) is 42.3 Å². The summed E-state index contributed by atoms with van der Waals surface area (Å²) >= 11 is 6.15. The Morgan fingerprint density at radius 1 is 1.23 bits per heavy atom. The highest BCUT2D eigenvalue weighted by atomic mass is 35.5. The molecule has 31 heavy (non-hydrogen) atoms. The third-order valence-corrected chi connectivity index (χ3v) is 6.48. The van der Waals surface area contributed by atoms with E-state index in [1.54, 1.807) is 19.1 Å². The van der Waals surface area contributed by atoms with Crippen LogP contribution in [0.5, 0.6) is 5.75 Å². The highest BCUT2D eigenvalue weighted by Gasteiger charge is 2.22. The maximum atomic E-state index is 11.9. The Kier molecular flexibility index (Phi) is 7.44. The second kappa shape index (κ2) is 9.88. The third kappa shape index (κ3) is 5.69. The van der Waals surface area contributed by atoms with Crippen molar-refractivity contribution in [1.29, 1.82) is 0 Å². The number of carbonyl (C=O) groups excluding carboxylic acids is 1. The third-order valence-electron chi connectivity index (χ3n) is 4.93. The Bertz CT molecular complexity index is 1140. The zero-order valence-corrected chi connectivity index (χ0v) is 19.2. The molecule has 0 saturated heterocycles. The average molecular weight is 465 g/mol. The Labute approximate surface area is 186 Å². The van der Waals surface area contributed by atoms with Crippen molar-refractivity contribution in [1.82, 2.24) is 4.57 Å². The summed E-state index contributed by atoms with van der Waals surface area (Å²) < 4.78 is 18.8. The molecule has 1 amide bonds. The van der Waals surface area contributed by atoms with E-state index in [9.17, 15) is 14.3 Å². The van der Waals surface area contributed by atoms with Crippen LogP contribution >= 0.6 is 19.2 Å². The van der Waals surface area contributed by atoms with Crippen molar-refractivity contribution < 1.29 is 23.8 Å². The van der Waals surface area contributed by atoms with E-state index in [4.69, 9.17) is 26.9 Å². The molecular weight excluding hydrogens is 439 g/mol. The number of primary amides is 1. The highest BCUT2D eigenvalue weighted by molar-refractivity contribution is 7.52. The molecule has 0 aliphatic carbocycles. The molecule has 0 saturated carbocycles. The molecule has 9 heteroatoms. The van der Waals surface area contributed by atoms with Crippen molar-refractivity contribution in [3.8, 4) is 5.75 Å². The molecule has 0 bridgehead atoms. The van der Waals surface area contributed by atoms with Gasteiger partial charge in [-0.2, -0.15) is 0 Å². The summed E-state index contributed by atoms with van der Waals surface area (Å²) in [6.45, 7) is 4.36. The Balaban J connectivity index is 2.05. The van der Waals surface area contributed by atoms with E-state index in [-0.39, 0.29) is 18.3 Å². The SMILES string of the molecule is CCCP(=O)(O)OOc1ccc2c(c1)c(CC(N)=O)c(CC)n2Cc1cccc(Cl)c1. The molecule has 1 heterocycles. The number of carbonyl (C=O) groups is 1. The first-order chi connectivity index (χ1) is 14.7. The predicted octanol–water partition coefficient (Wildman–Crippen LogP) is 4.84. The Hall–Kier alpha value is -2.31. The normalized spacial score (nSPS) is 13.3. The summed E-state index contributed by atoms with van der Waals surface area (Å²) in [6, 6.07) is 12.8. The average Bonchev–Trinajstić information content (AvgIpc) is 2.98. The van der Waals surface area contributed by atoms with Crippen LogP contribution in [0, 0.1) is 0 Å². The molecule has 1 atom stereocenters. The molecular formula is C22H26ClN2O5P. The van der Waals surface area contributed by atoms with Crippen LogP contribution in [0.15, 0.2) is 42.5 Å². The van der Waals surface area contributed by atoms with E-state index >= 15 is 0 Å². The molecule has 0 radical (unpaired) electrons. The van der Waals surface area contributed by atoms with Gasteiger partial charge in [-0.25, -0.2) is 0 Å². The number of fused-ring (bicyclic) bond motifs is 1. The smallest absolute Gasteiger partial charge is 0.366 e. The van der Waals surface area contributed by atoms with E-state index < -0.39 is 13.5 Å². The van der Waals surface area contributed by atoms with Crippen molar-refractivity contribution in [2.75, 3.05) is 6.16 Å². The minimum Gasteiger partial charge on any atom is -0.369 e. The fourth-order valence-electron chi connectivity index (χ4n) is 3.70. The van der Waals surface area contributed by atoms with Crippen LogP contribution in [-0.2, 0) is 33.4 Å². The molecule has 7 nitrogen and oxygen atoms in total. The molecule has 0 fully saturated rings. The van der Waals surface area contributed by atoms with Crippen LogP contribution in [0.1, 0.15) is 37.1 Å². The predicted molar refractivity (Wildman–Crippen MR) is 121 cm³/mol. The lowest BCUT2D eigenvalue weighted by Crippen LogP contribution is -2.15. The van der Waals surface area contributed by atoms with Gasteiger partial charge in [0.2, 0.25) is 5.91 Å². The summed E-state index contributed by atoms with van der Waals surface area (Å²) in [5, 5.41) is 1.43. The van der Waals surface area contributed by atoms with Gasteiger partial charge in [-0.05, 0) is 54.3 Å². The summed E-state index contributed by atoms with van der Waals surface area (Å²) in [4.78, 5) is 26.7. The van der Waals surface area contributed by atoms with Crippen LogP contribution in [0.2, 0.25) is 5.02 Å². The molecule has 0 spiro atoms. The minimum atomic E-state index is -3.83. The number of halogens is 1. The fourth-order valence-corrected chi connectivity index (χ4v) is 4.76. The molecule has 2 aromatic carbocycles. The maximum absolute atomic E-state index is 11.9. The lowest BCUT2D eigenvalue weighted by molar-refractivity contribution is -0.117. The quantitative estimate of drug-likeness (QED) is 0.254. The number of nitrogens with two attached hydrogens (primary N) is 1. The van der Waals surface area contributed by atoms with E-state index in [2.05, 4.69) is 4.57 Å². The molecule has 0 aliphatic rings. The van der Waals surface area contributed by atoms with Crippen molar-refractivity contribution in [3.05, 3.63) is 64.3 Å². The lowest BCUT2D eigenvalue weighted by Gasteiger charge is -2.12. The van der Waals surface area contributed by atoms with Gasteiger partial charge < -0.3 is 20.1 Å². The maximum Gasteiger partial charge on any atom is 0.366 e. The van der Waals surface area contributed by atoms with Gasteiger partial charge in [0.1, 0.15) is 0 Å². The molecule has 3 rings (SSSR count). The molecule has 3 aromatic rings. The number of hydrogen-bond donors (Lipinski definition) is 2. The number of benzene rings is 2. The molecule has 0 aliphatic heterocycles. The Morgan fingerprint density at radius 3 is 2.65 bits per heavy atom.